The van der Waals surface area contributed by atoms with Gasteiger partial charge in [0.25, 0.3) is 0 Å². The molecule has 0 spiro atoms. The van der Waals surface area contributed by atoms with Crippen LogP contribution in [0.25, 0.3) is 0 Å². The molecule has 5 heteroatoms. The number of aliphatic hydroxyl groups excluding tert-OH is 1. The number of nitrogens with one attached hydrogen (secondary N) is 1. The minimum atomic E-state index is -0.179. The Labute approximate surface area is 126 Å². The lowest BCUT2D eigenvalue weighted by molar-refractivity contribution is -0.120. The van der Waals surface area contributed by atoms with Crippen molar-refractivity contribution in [3.63, 3.8) is 0 Å². The number of hydrazine groups is 1. The Morgan fingerprint density at radius 2 is 1.95 bits per heavy atom. The zero-order valence-electron chi connectivity index (χ0n) is 12.4. The van der Waals surface area contributed by atoms with Crippen LogP contribution in [0.2, 0.25) is 0 Å². The van der Waals surface area contributed by atoms with Crippen LogP contribution in [0.4, 0.5) is 0 Å². The van der Waals surface area contributed by atoms with Gasteiger partial charge in [-0.15, -0.1) is 0 Å². The van der Waals surface area contributed by atoms with Gasteiger partial charge in [0.2, 0.25) is 5.91 Å². The van der Waals surface area contributed by atoms with Crippen LogP contribution in [0.5, 0.6) is 0 Å². The Morgan fingerprint density at radius 3 is 2.48 bits per heavy atom. The van der Waals surface area contributed by atoms with Crippen molar-refractivity contribution in [2.75, 3.05) is 13.2 Å². The van der Waals surface area contributed by atoms with E-state index < -0.39 is 0 Å². The highest BCUT2D eigenvalue weighted by molar-refractivity contribution is 5.77. The van der Waals surface area contributed by atoms with E-state index in [0.29, 0.717) is 12.5 Å². The molecule has 0 heterocycles. The van der Waals surface area contributed by atoms with Gasteiger partial charge in [0.15, 0.2) is 0 Å². The molecule has 5 nitrogen and oxygen atoms in total. The molecule has 0 aromatic heterocycles. The molecule has 0 unspecified atom stereocenters. The molecule has 21 heavy (non-hydrogen) atoms. The quantitative estimate of drug-likeness (QED) is 0.379. The first-order valence-corrected chi connectivity index (χ1v) is 7.65. The van der Waals surface area contributed by atoms with Crippen molar-refractivity contribution in [1.29, 1.82) is 0 Å². The Balaban J connectivity index is 1.91. The van der Waals surface area contributed by atoms with Gasteiger partial charge in [0.05, 0.1) is 6.42 Å². The summed E-state index contributed by atoms with van der Waals surface area (Å²) in [6.07, 6.45) is 4.98. The first-order chi connectivity index (χ1) is 10.2. The minimum absolute atomic E-state index is 0.179. The van der Waals surface area contributed by atoms with Gasteiger partial charge in [-0.05, 0) is 30.4 Å². The monoisotopic (exact) mass is 291 g/mol. The fourth-order valence-corrected chi connectivity index (χ4v) is 2.65. The summed E-state index contributed by atoms with van der Waals surface area (Å²) >= 11 is 0. The van der Waals surface area contributed by atoms with E-state index in [1.807, 2.05) is 12.1 Å². The van der Waals surface area contributed by atoms with E-state index in [-0.39, 0.29) is 12.5 Å². The predicted octanol–water partition coefficient (Wildman–Crippen LogP) is 0.956. The van der Waals surface area contributed by atoms with Gasteiger partial charge in [-0.1, -0.05) is 30.7 Å². The van der Waals surface area contributed by atoms with Crippen molar-refractivity contribution in [3.05, 3.63) is 35.4 Å². The number of carbonyl (C=O) groups is 1. The van der Waals surface area contributed by atoms with Gasteiger partial charge in [0, 0.05) is 25.7 Å². The molecule has 1 saturated carbocycles. The van der Waals surface area contributed by atoms with Crippen molar-refractivity contribution < 1.29 is 9.90 Å². The third kappa shape index (κ3) is 4.81. The fraction of sp³-hybridized carbons (Fsp3) is 0.562. The zero-order chi connectivity index (χ0) is 15.1. The van der Waals surface area contributed by atoms with E-state index >= 15 is 0 Å². The smallest absolute Gasteiger partial charge is 0.238 e. The summed E-state index contributed by atoms with van der Waals surface area (Å²) < 4.78 is 0. The maximum atomic E-state index is 11.2. The van der Waals surface area contributed by atoms with Gasteiger partial charge in [0.1, 0.15) is 0 Å². The first kappa shape index (κ1) is 15.9. The molecule has 1 amide bonds. The highest BCUT2D eigenvalue weighted by Crippen LogP contribution is 2.26. The molecular weight excluding hydrogens is 266 g/mol. The minimum Gasteiger partial charge on any atom is -0.396 e. The lowest BCUT2D eigenvalue weighted by atomic mass is 9.91. The number of nitrogens with zero attached hydrogens (tertiary/aromatic N) is 1. The summed E-state index contributed by atoms with van der Waals surface area (Å²) in [6.45, 7) is 2.10. The van der Waals surface area contributed by atoms with Crippen LogP contribution in [-0.2, 0) is 17.8 Å². The van der Waals surface area contributed by atoms with Crippen LogP contribution < -0.4 is 11.3 Å². The number of hydrogen-bond acceptors (Lipinski definition) is 4. The second-order valence-electron chi connectivity index (χ2n) is 5.69. The topological polar surface area (TPSA) is 78.6 Å². The van der Waals surface area contributed by atoms with Crippen LogP contribution in [0.3, 0.4) is 0 Å². The van der Waals surface area contributed by atoms with Crippen LogP contribution in [0.15, 0.2) is 24.3 Å². The van der Waals surface area contributed by atoms with E-state index in [1.54, 1.807) is 0 Å². The molecule has 1 aromatic rings. The van der Waals surface area contributed by atoms with Crippen LogP contribution in [0.1, 0.15) is 36.8 Å². The number of rotatable bonds is 8. The van der Waals surface area contributed by atoms with Crippen LogP contribution in [-0.4, -0.2) is 35.1 Å². The highest BCUT2D eigenvalue weighted by atomic mass is 16.3. The van der Waals surface area contributed by atoms with Crippen LogP contribution in [0, 0.1) is 0 Å². The van der Waals surface area contributed by atoms with E-state index in [2.05, 4.69) is 22.5 Å². The first-order valence-electron chi connectivity index (χ1n) is 7.65. The molecule has 1 aromatic carbocycles. The van der Waals surface area contributed by atoms with E-state index in [9.17, 15) is 4.79 Å². The van der Waals surface area contributed by atoms with Gasteiger partial charge in [-0.2, -0.15) is 0 Å². The molecule has 1 fully saturated rings. The highest BCUT2D eigenvalue weighted by Gasteiger charge is 2.24. The van der Waals surface area contributed by atoms with E-state index in [1.165, 1.54) is 24.8 Å². The molecule has 0 radical (unpaired) electrons. The third-order valence-corrected chi connectivity index (χ3v) is 4.13. The number of carbonyl (C=O) groups excluding carboxylic acids is 1. The number of nitrogens with two attached hydrogens (primary N) is 1. The number of benzene rings is 1. The predicted molar refractivity (Wildman–Crippen MR) is 82.2 cm³/mol. The van der Waals surface area contributed by atoms with Crippen molar-refractivity contribution in [2.45, 2.75) is 44.7 Å². The average molecular weight is 291 g/mol. The second kappa shape index (κ2) is 8.12. The Kier molecular flexibility index (Phi) is 6.17. The number of amides is 1. The summed E-state index contributed by atoms with van der Waals surface area (Å²) in [5.41, 5.74) is 4.35. The summed E-state index contributed by atoms with van der Waals surface area (Å²) in [7, 11) is 0. The maximum absolute atomic E-state index is 11.2. The van der Waals surface area contributed by atoms with Crippen molar-refractivity contribution in [3.8, 4) is 0 Å². The van der Waals surface area contributed by atoms with Gasteiger partial charge in [-0.25, -0.2) is 5.84 Å². The summed E-state index contributed by atoms with van der Waals surface area (Å²) in [5, 5.41) is 9.02. The SMILES string of the molecule is NNC(=O)Cc1ccc(CN(CCCO)C2CCC2)cc1. The lowest BCUT2D eigenvalue weighted by Crippen LogP contribution is -2.40. The van der Waals surface area contributed by atoms with E-state index in [0.717, 1.165) is 25.1 Å². The molecule has 1 aliphatic carbocycles. The molecule has 4 N–H and O–H groups in total. The zero-order valence-corrected chi connectivity index (χ0v) is 12.4. The standard InChI is InChI=1S/C16H25N3O2/c17-18-16(21)11-13-5-7-14(8-6-13)12-19(9-2-10-20)15-3-1-4-15/h5-8,15,20H,1-4,9-12,17H2,(H,18,21). The van der Waals surface area contributed by atoms with Gasteiger partial charge >= 0.3 is 0 Å². The van der Waals surface area contributed by atoms with Crippen molar-refractivity contribution in [1.82, 2.24) is 10.3 Å². The maximum Gasteiger partial charge on any atom is 0.238 e. The largest absolute Gasteiger partial charge is 0.396 e. The van der Waals surface area contributed by atoms with Crippen molar-refractivity contribution >= 4 is 5.91 Å². The molecule has 0 aliphatic heterocycles. The molecule has 1 aliphatic rings. The number of aliphatic hydroxyl groups is 1. The molecule has 0 atom stereocenters. The molecule has 0 bridgehead atoms. The average Bonchev–Trinajstić information content (AvgIpc) is 2.44. The summed E-state index contributed by atoms with van der Waals surface area (Å²) in [4.78, 5) is 13.7. The van der Waals surface area contributed by atoms with Gasteiger partial charge < -0.3 is 5.11 Å². The summed E-state index contributed by atoms with van der Waals surface area (Å²) in [5.74, 6) is 4.91. The third-order valence-electron chi connectivity index (χ3n) is 4.13. The Hall–Kier alpha value is -1.43. The Morgan fingerprint density at radius 1 is 1.29 bits per heavy atom. The Bertz CT molecular complexity index is 443. The van der Waals surface area contributed by atoms with Gasteiger partial charge in [-0.3, -0.25) is 15.1 Å². The normalized spacial score (nSPS) is 15.0. The molecule has 116 valence electrons. The fourth-order valence-electron chi connectivity index (χ4n) is 2.65. The second-order valence-corrected chi connectivity index (χ2v) is 5.69. The van der Waals surface area contributed by atoms with Crippen LogP contribution >= 0.6 is 0 Å². The molecular formula is C16H25N3O2. The summed E-state index contributed by atoms with van der Waals surface area (Å²) in [6, 6.07) is 8.78. The molecule has 0 saturated heterocycles. The van der Waals surface area contributed by atoms with E-state index in [4.69, 9.17) is 10.9 Å². The number of hydrogen-bond donors (Lipinski definition) is 3. The van der Waals surface area contributed by atoms with Crippen molar-refractivity contribution in [2.24, 2.45) is 5.84 Å². The lowest BCUT2D eigenvalue weighted by Gasteiger charge is -2.37. The molecule has 2 rings (SSSR count).